The molecule has 4 nitrogen and oxygen atoms in total. The molecule has 0 bridgehead atoms. The molecule has 0 saturated carbocycles. The van der Waals surface area contributed by atoms with Crippen LogP contribution in [0.3, 0.4) is 0 Å². The number of aromatic nitrogens is 1. The first-order valence-corrected chi connectivity index (χ1v) is 6.10. The lowest BCUT2D eigenvalue weighted by Gasteiger charge is -2.06. The third-order valence-electron chi connectivity index (χ3n) is 2.82. The molecule has 0 saturated heterocycles. The molecule has 4 heteroatoms. The zero-order valence-electron chi connectivity index (χ0n) is 11.0. The van der Waals surface area contributed by atoms with E-state index in [9.17, 15) is 4.79 Å². The molecule has 1 heterocycles. The van der Waals surface area contributed by atoms with Crippen molar-refractivity contribution in [3.63, 3.8) is 0 Å². The maximum atomic E-state index is 12.3. The van der Waals surface area contributed by atoms with Gasteiger partial charge in [0, 0.05) is 23.0 Å². The zero-order valence-corrected chi connectivity index (χ0v) is 11.0. The van der Waals surface area contributed by atoms with E-state index in [0.29, 0.717) is 29.2 Å². The summed E-state index contributed by atoms with van der Waals surface area (Å²) >= 11 is 0. The van der Waals surface area contributed by atoms with Gasteiger partial charge in [0.05, 0.1) is 12.8 Å². The third-order valence-corrected chi connectivity index (χ3v) is 2.82. The van der Waals surface area contributed by atoms with Gasteiger partial charge in [0.1, 0.15) is 5.75 Å². The number of hydrogen-bond donors (Lipinski definition) is 1. The van der Waals surface area contributed by atoms with Gasteiger partial charge in [0.25, 0.3) is 0 Å². The van der Waals surface area contributed by atoms with Crippen molar-refractivity contribution >= 4 is 11.5 Å². The topological polar surface area (TPSA) is 65.2 Å². The summed E-state index contributed by atoms with van der Waals surface area (Å²) in [5.74, 6) is 0.512. The third kappa shape index (κ3) is 2.91. The number of ketones is 1. The molecule has 98 valence electrons. The van der Waals surface area contributed by atoms with Gasteiger partial charge in [-0.15, -0.1) is 0 Å². The maximum Gasteiger partial charge on any atom is 0.194 e. The molecule has 0 fully saturated rings. The predicted octanol–water partition coefficient (Wildman–Crippen LogP) is 2.60. The molecule has 0 aliphatic rings. The summed E-state index contributed by atoms with van der Waals surface area (Å²) in [6, 6.07) is 6.94. The molecule has 1 aromatic carbocycles. The Kier molecular flexibility index (Phi) is 3.80. The number of carbonyl (C=O) groups excluding carboxylic acids is 1. The fourth-order valence-electron chi connectivity index (χ4n) is 1.77. The highest BCUT2D eigenvalue weighted by Crippen LogP contribution is 2.18. The highest BCUT2D eigenvalue weighted by molar-refractivity contribution is 6.09. The van der Waals surface area contributed by atoms with Crippen LogP contribution in [0.2, 0.25) is 0 Å². The Morgan fingerprint density at radius 3 is 2.74 bits per heavy atom. The Hall–Kier alpha value is -2.36. The Labute approximate surface area is 112 Å². The number of benzene rings is 1. The first-order chi connectivity index (χ1) is 9.11. The van der Waals surface area contributed by atoms with Gasteiger partial charge in [-0.25, -0.2) is 0 Å². The van der Waals surface area contributed by atoms with Crippen LogP contribution in [0.1, 0.15) is 28.4 Å². The second kappa shape index (κ2) is 5.52. The summed E-state index contributed by atoms with van der Waals surface area (Å²) in [6.07, 6.45) is 3.13. The minimum Gasteiger partial charge on any atom is -0.492 e. The van der Waals surface area contributed by atoms with E-state index in [1.54, 1.807) is 30.5 Å². The van der Waals surface area contributed by atoms with Gasteiger partial charge in [0.15, 0.2) is 5.78 Å². The summed E-state index contributed by atoms with van der Waals surface area (Å²) < 4.78 is 5.34. The van der Waals surface area contributed by atoms with E-state index in [0.717, 1.165) is 5.56 Å². The van der Waals surface area contributed by atoms with Crippen molar-refractivity contribution in [2.75, 3.05) is 12.3 Å². The number of carbonyl (C=O) groups is 1. The van der Waals surface area contributed by atoms with Gasteiger partial charge in [0.2, 0.25) is 0 Å². The van der Waals surface area contributed by atoms with Crippen molar-refractivity contribution in [3.05, 3.63) is 53.3 Å². The second-order valence-electron chi connectivity index (χ2n) is 4.24. The summed E-state index contributed by atoms with van der Waals surface area (Å²) in [5.41, 5.74) is 8.42. The van der Waals surface area contributed by atoms with Crippen molar-refractivity contribution in [2.45, 2.75) is 13.8 Å². The number of pyridine rings is 1. The normalized spacial score (nSPS) is 10.2. The van der Waals surface area contributed by atoms with Gasteiger partial charge < -0.3 is 10.5 Å². The van der Waals surface area contributed by atoms with Crippen LogP contribution in [0.15, 0.2) is 36.7 Å². The lowest BCUT2D eigenvalue weighted by Crippen LogP contribution is -2.04. The molecule has 0 aliphatic heterocycles. The average molecular weight is 256 g/mol. The molecule has 2 N–H and O–H groups in total. The van der Waals surface area contributed by atoms with Crippen LogP contribution in [-0.4, -0.2) is 17.4 Å². The number of rotatable bonds is 4. The number of nitrogen functional groups attached to an aromatic ring is 1. The summed E-state index contributed by atoms with van der Waals surface area (Å²) in [4.78, 5) is 16.3. The van der Waals surface area contributed by atoms with Crippen LogP contribution >= 0.6 is 0 Å². The van der Waals surface area contributed by atoms with Gasteiger partial charge in [-0.3, -0.25) is 9.78 Å². The van der Waals surface area contributed by atoms with E-state index >= 15 is 0 Å². The summed E-state index contributed by atoms with van der Waals surface area (Å²) in [5, 5.41) is 0. The predicted molar refractivity (Wildman–Crippen MR) is 74.4 cm³/mol. The molecule has 2 aromatic rings. The van der Waals surface area contributed by atoms with Gasteiger partial charge in [-0.2, -0.15) is 0 Å². The lowest BCUT2D eigenvalue weighted by atomic mass is 10.0. The monoisotopic (exact) mass is 256 g/mol. The van der Waals surface area contributed by atoms with Crippen LogP contribution in [0.4, 0.5) is 5.69 Å². The highest BCUT2D eigenvalue weighted by atomic mass is 16.5. The SMILES string of the molecule is CCOc1cncc(C(=O)c2ccc(N)c(C)c2)c1. The average Bonchev–Trinajstić information content (AvgIpc) is 2.42. The molecule has 19 heavy (non-hydrogen) atoms. The Balaban J connectivity index is 2.32. The largest absolute Gasteiger partial charge is 0.492 e. The van der Waals surface area contributed by atoms with E-state index in [1.165, 1.54) is 6.20 Å². The van der Waals surface area contributed by atoms with Crippen molar-refractivity contribution < 1.29 is 9.53 Å². The molecule has 0 atom stereocenters. The Morgan fingerprint density at radius 2 is 2.05 bits per heavy atom. The molecular formula is C15H16N2O2. The number of hydrogen-bond acceptors (Lipinski definition) is 4. The second-order valence-corrected chi connectivity index (χ2v) is 4.24. The van der Waals surface area contributed by atoms with Gasteiger partial charge >= 0.3 is 0 Å². The molecule has 0 spiro atoms. The lowest BCUT2D eigenvalue weighted by molar-refractivity contribution is 0.103. The fourth-order valence-corrected chi connectivity index (χ4v) is 1.77. The highest BCUT2D eigenvalue weighted by Gasteiger charge is 2.11. The molecule has 0 amide bonds. The van der Waals surface area contributed by atoms with Crippen molar-refractivity contribution in [3.8, 4) is 5.75 Å². The molecule has 0 aliphatic carbocycles. The Morgan fingerprint density at radius 1 is 1.26 bits per heavy atom. The Bertz CT molecular complexity index is 609. The van der Waals surface area contributed by atoms with Crippen LogP contribution < -0.4 is 10.5 Å². The van der Waals surface area contributed by atoms with E-state index in [1.807, 2.05) is 13.8 Å². The molecular weight excluding hydrogens is 240 g/mol. The maximum absolute atomic E-state index is 12.3. The van der Waals surface area contributed by atoms with Crippen LogP contribution in [0.25, 0.3) is 0 Å². The molecule has 0 radical (unpaired) electrons. The van der Waals surface area contributed by atoms with Crippen LogP contribution in [0, 0.1) is 6.92 Å². The van der Waals surface area contributed by atoms with E-state index in [2.05, 4.69) is 4.98 Å². The fraction of sp³-hybridized carbons (Fsp3) is 0.200. The summed E-state index contributed by atoms with van der Waals surface area (Å²) in [7, 11) is 0. The zero-order chi connectivity index (χ0) is 13.8. The molecule has 0 unspecified atom stereocenters. The van der Waals surface area contributed by atoms with Gasteiger partial charge in [-0.1, -0.05) is 0 Å². The van der Waals surface area contributed by atoms with Crippen molar-refractivity contribution in [2.24, 2.45) is 0 Å². The quantitative estimate of drug-likeness (QED) is 0.674. The number of anilines is 1. The number of ether oxygens (including phenoxy) is 1. The molecule has 2 rings (SSSR count). The first-order valence-electron chi connectivity index (χ1n) is 6.10. The van der Waals surface area contributed by atoms with Crippen LogP contribution in [0.5, 0.6) is 5.75 Å². The summed E-state index contributed by atoms with van der Waals surface area (Å²) in [6.45, 7) is 4.30. The van der Waals surface area contributed by atoms with Gasteiger partial charge in [-0.05, 0) is 43.7 Å². The smallest absolute Gasteiger partial charge is 0.194 e. The number of nitrogens with zero attached hydrogens (tertiary/aromatic N) is 1. The first kappa shape index (κ1) is 13.1. The molecule has 1 aromatic heterocycles. The minimum absolute atomic E-state index is 0.0860. The van der Waals surface area contributed by atoms with Crippen molar-refractivity contribution in [1.29, 1.82) is 0 Å². The van der Waals surface area contributed by atoms with E-state index in [-0.39, 0.29) is 5.78 Å². The number of aryl methyl sites for hydroxylation is 1. The standard InChI is InChI=1S/C15H16N2O2/c1-3-19-13-7-12(8-17-9-13)15(18)11-4-5-14(16)10(2)6-11/h4-9H,3,16H2,1-2H3. The van der Waals surface area contributed by atoms with E-state index in [4.69, 9.17) is 10.5 Å². The minimum atomic E-state index is -0.0860. The van der Waals surface area contributed by atoms with Crippen LogP contribution in [-0.2, 0) is 0 Å². The van der Waals surface area contributed by atoms with Crippen molar-refractivity contribution in [1.82, 2.24) is 4.98 Å². The van der Waals surface area contributed by atoms with E-state index < -0.39 is 0 Å². The number of nitrogens with two attached hydrogens (primary N) is 1.